The highest BCUT2D eigenvalue weighted by atomic mass is 16.6. The maximum absolute atomic E-state index is 12.4. The Balaban J connectivity index is 1.71. The summed E-state index contributed by atoms with van der Waals surface area (Å²) in [7, 11) is 0. The lowest BCUT2D eigenvalue weighted by molar-refractivity contribution is -0.384. The Kier molecular flexibility index (Phi) is 4.96. The zero-order valence-electron chi connectivity index (χ0n) is 16.0. The minimum absolute atomic E-state index is 0.00547. The van der Waals surface area contributed by atoms with Gasteiger partial charge in [0.15, 0.2) is 0 Å². The van der Waals surface area contributed by atoms with E-state index >= 15 is 0 Å². The Labute approximate surface area is 175 Å². The van der Waals surface area contributed by atoms with Gasteiger partial charge in [0.2, 0.25) is 0 Å². The fraction of sp³-hybridized carbons (Fsp3) is 0.0952. The molecule has 31 heavy (non-hydrogen) atoms. The van der Waals surface area contributed by atoms with E-state index in [0.717, 1.165) is 16.5 Å². The van der Waals surface area contributed by atoms with Crippen molar-refractivity contribution in [2.24, 2.45) is 0 Å². The van der Waals surface area contributed by atoms with Gasteiger partial charge >= 0.3 is 12.0 Å². The molecular formula is C21H16N4O6. The molecule has 1 aliphatic rings. The topological polar surface area (TPSA) is 135 Å². The number of fused-ring (bicyclic) bond motifs is 1. The summed E-state index contributed by atoms with van der Waals surface area (Å²) in [5.74, 6) is -2.01. The maximum Gasteiger partial charge on any atom is 0.329 e. The molecular weight excluding hydrogens is 404 g/mol. The van der Waals surface area contributed by atoms with E-state index in [1.165, 1.54) is 18.2 Å². The highest BCUT2D eigenvalue weighted by molar-refractivity contribution is 6.15. The van der Waals surface area contributed by atoms with Crippen molar-refractivity contribution in [2.75, 3.05) is 6.54 Å². The second kappa shape index (κ2) is 7.75. The number of nitro groups is 1. The van der Waals surface area contributed by atoms with Crippen LogP contribution in [-0.2, 0) is 16.1 Å². The summed E-state index contributed by atoms with van der Waals surface area (Å²) in [6, 6.07) is 12.9. The molecule has 0 aliphatic carbocycles. The summed E-state index contributed by atoms with van der Waals surface area (Å²) in [5.41, 5.74) is 2.17. The predicted molar refractivity (Wildman–Crippen MR) is 110 cm³/mol. The summed E-state index contributed by atoms with van der Waals surface area (Å²) in [5, 5.41) is 23.1. The standard InChI is InChI=1S/C21H16N4O6/c26-19(27)12-24-20(28)17(22-21(24)29)9-14-11-23(18-7-2-1-6-16(14)18)10-13-4-3-5-15(8-13)25(30)31/h1-9,11H,10,12H2,(H,22,29)(H,26,27)/b17-9+. The van der Waals surface area contributed by atoms with Crippen LogP contribution in [0.5, 0.6) is 0 Å². The highest BCUT2D eigenvalue weighted by Crippen LogP contribution is 2.26. The van der Waals surface area contributed by atoms with Crippen molar-refractivity contribution < 1.29 is 24.4 Å². The number of hydrogen-bond donors (Lipinski definition) is 2. The smallest absolute Gasteiger partial charge is 0.329 e. The molecule has 0 bridgehead atoms. The zero-order chi connectivity index (χ0) is 22.1. The molecule has 1 aromatic heterocycles. The van der Waals surface area contributed by atoms with Crippen LogP contribution >= 0.6 is 0 Å². The minimum atomic E-state index is -1.29. The van der Waals surface area contributed by atoms with Gasteiger partial charge < -0.3 is 15.0 Å². The number of nitrogens with zero attached hydrogens (tertiary/aromatic N) is 3. The summed E-state index contributed by atoms with van der Waals surface area (Å²) in [6.45, 7) is -0.368. The molecule has 3 amide bonds. The van der Waals surface area contributed by atoms with E-state index in [1.54, 1.807) is 18.3 Å². The van der Waals surface area contributed by atoms with Crippen LogP contribution in [0, 0.1) is 10.1 Å². The maximum atomic E-state index is 12.4. The molecule has 0 spiro atoms. The largest absolute Gasteiger partial charge is 0.480 e. The number of benzene rings is 2. The number of aromatic nitrogens is 1. The lowest BCUT2D eigenvalue weighted by atomic mass is 10.1. The molecule has 156 valence electrons. The number of non-ortho nitro benzene ring substituents is 1. The molecule has 0 radical (unpaired) electrons. The van der Waals surface area contributed by atoms with E-state index in [4.69, 9.17) is 5.11 Å². The molecule has 2 aromatic carbocycles. The number of carbonyl (C=O) groups excluding carboxylic acids is 2. The first-order valence-electron chi connectivity index (χ1n) is 9.21. The van der Waals surface area contributed by atoms with Gasteiger partial charge in [-0.15, -0.1) is 0 Å². The third-order valence-corrected chi connectivity index (χ3v) is 4.85. The SMILES string of the molecule is O=C(O)CN1C(=O)N/C(=C/c2cn(Cc3cccc([N+](=O)[O-])c3)c3ccccc23)C1=O. The summed E-state index contributed by atoms with van der Waals surface area (Å²) >= 11 is 0. The van der Waals surface area contributed by atoms with Crippen LogP contribution < -0.4 is 5.32 Å². The third kappa shape index (κ3) is 3.86. The van der Waals surface area contributed by atoms with Crippen molar-refractivity contribution in [1.29, 1.82) is 0 Å². The summed E-state index contributed by atoms with van der Waals surface area (Å²) < 4.78 is 1.89. The number of urea groups is 1. The molecule has 1 aliphatic heterocycles. The van der Waals surface area contributed by atoms with Crippen molar-refractivity contribution in [3.05, 3.63) is 81.7 Å². The fourth-order valence-corrected chi connectivity index (χ4v) is 3.49. The van der Waals surface area contributed by atoms with Crippen molar-refractivity contribution in [3.63, 3.8) is 0 Å². The number of nitrogens with one attached hydrogen (secondary N) is 1. The number of hydrogen-bond acceptors (Lipinski definition) is 5. The molecule has 3 aromatic rings. The number of para-hydroxylation sites is 1. The molecule has 10 nitrogen and oxygen atoms in total. The Morgan fingerprint density at radius 3 is 2.68 bits per heavy atom. The number of nitro benzene ring substituents is 1. The van der Waals surface area contributed by atoms with Gasteiger partial charge in [-0.2, -0.15) is 0 Å². The zero-order valence-corrected chi connectivity index (χ0v) is 16.0. The van der Waals surface area contributed by atoms with Gasteiger partial charge in [-0.05, 0) is 17.7 Å². The van der Waals surface area contributed by atoms with Gasteiger partial charge in [0.25, 0.3) is 11.6 Å². The Bertz CT molecular complexity index is 1280. The molecule has 0 saturated carbocycles. The van der Waals surface area contributed by atoms with Gasteiger partial charge in [-0.25, -0.2) is 9.69 Å². The van der Waals surface area contributed by atoms with Crippen molar-refractivity contribution in [1.82, 2.24) is 14.8 Å². The summed E-state index contributed by atoms with van der Waals surface area (Å²) in [4.78, 5) is 46.5. The van der Waals surface area contributed by atoms with E-state index in [9.17, 15) is 24.5 Å². The van der Waals surface area contributed by atoms with Crippen LogP contribution in [0.4, 0.5) is 10.5 Å². The van der Waals surface area contributed by atoms with E-state index in [-0.39, 0.29) is 11.4 Å². The quantitative estimate of drug-likeness (QED) is 0.272. The number of imide groups is 1. The van der Waals surface area contributed by atoms with Gasteiger partial charge in [-0.1, -0.05) is 30.3 Å². The second-order valence-corrected chi connectivity index (χ2v) is 6.93. The molecule has 10 heteroatoms. The first-order valence-corrected chi connectivity index (χ1v) is 9.21. The predicted octanol–water partition coefficient (Wildman–Crippen LogP) is 2.58. The highest BCUT2D eigenvalue weighted by Gasteiger charge is 2.35. The molecule has 2 heterocycles. The average molecular weight is 420 g/mol. The van der Waals surface area contributed by atoms with Crippen LogP contribution in [0.15, 0.2) is 60.4 Å². The molecule has 2 N–H and O–H groups in total. The molecule has 0 unspecified atom stereocenters. The molecule has 0 atom stereocenters. The van der Waals surface area contributed by atoms with E-state index in [2.05, 4.69) is 5.32 Å². The second-order valence-electron chi connectivity index (χ2n) is 6.93. The average Bonchev–Trinajstić information content (AvgIpc) is 3.20. The Hall–Kier alpha value is -4.47. The Morgan fingerprint density at radius 2 is 1.94 bits per heavy atom. The first-order chi connectivity index (χ1) is 14.8. The number of rotatable bonds is 6. The number of carboxylic acids is 1. The monoisotopic (exact) mass is 420 g/mol. The van der Waals surface area contributed by atoms with Crippen LogP contribution in [0.1, 0.15) is 11.1 Å². The normalized spacial score (nSPS) is 15.0. The fourth-order valence-electron chi connectivity index (χ4n) is 3.49. The summed E-state index contributed by atoms with van der Waals surface area (Å²) in [6.07, 6.45) is 3.27. The van der Waals surface area contributed by atoms with Crippen LogP contribution in [0.25, 0.3) is 17.0 Å². The molecule has 4 rings (SSSR count). The molecule has 1 fully saturated rings. The number of carboxylic acid groups (broad SMARTS) is 1. The minimum Gasteiger partial charge on any atom is -0.480 e. The van der Waals surface area contributed by atoms with Crippen LogP contribution in [0.2, 0.25) is 0 Å². The number of carbonyl (C=O) groups is 3. The van der Waals surface area contributed by atoms with Crippen LogP contribution in [0.3, 0.4) is 0 Å². The first kappa shape index (κ1) is 19.8. The number of amides is 3. The van der Waals surface area contributed by atoms with Gasteiger partial charge in [0, 0.05) is 41.3 Å². The van der Waals surface area contributed by atoms with Gasteiger partial charge in [0.05, 0.1) is 4.92 Å². The van der Waals surface area contributed by atoms with Crippen molar-refractivity contribution in [3.8, 4) is 0 Å². The lowest BCUT2D eigenvalue weighted by Gasteiger charge is -2.06. The van der Waals surface area contributed by atoms with Gasteiger partial charge in [-0.3, -0.25) is 19.7 Å². The van der Waals surface area contributed by atoms with Crippen molar-refractivity contribution >= 4 is 40.6 Å². The third-order valence-electron chi connectivity index (χ3n) is 4.85. The van der Waals surface area contributed by atoms with E-state index in [0.29, 0.717) is 17.0 Å². The van der Waals surface area contributed by atoms with Crippen LogP contribution in [-0.4, -0.2) is 43.9 Å². The number of aliphatic carboxylic acids is 1. The van der Waals surface area contributed by atoms with Gasteiger partial charge in [0.1, 0.15) is 12.2 Å². The van der Waals surface area contributed by atoms with E-state index < -0.39 is 29.4 Å². The van der Waals surface area contributed by atoms with E-state index in [1.807, 2.05) is 28.8 Å². The Morgan fingerprint density at radius 1 is 1.16 bits per heavy atom. The van der Waals surface area contributed by atoms with Crippen molar-refractivity contribution in [2.45, 2.75) is 6.54 Å². The molecule has 1 saturated heterocycles. The lowest BCUT2D eigenvalue weighted by Crippen LogP contribution is -2.35.